The third-order valence-electron chi connectivity index (χ3n) is 2.47. The first kappa shape index (κ1) is 11.4. The van der Waals surface area contributed by atoms with E-state index >= 15 is 0 Å². The maximum atomic E-state index is 12.2. The van der Waals surface area contributed by atoms with Crippen molar-refractivity contribution in [3.05, 3.63) is 47.9 Å². The van der Waals surface area contributed by atoms with Gasteiger partial charge in [0.15, 0.2) is 0 Å². The Hall–Kier alpha value is -2.10. The van der Waals surface area contributed by atoms with Gasteiger partial charge in [-0.1, -0.05) is 23.4 Å². The molecule has 0 spiro atoms. The second-order valence-corrected chi connectivity index (χ2v) is 3.72. The van der Waals surface area contributed by atoms with E-state index in [0.717, 1.165) is 5.69 Å². The van der Waals surface area contributed by atoms with Gasteiger partial charge in [-0.25, -0.2) is 0 Å². The van der Waals surface area contributed by atoms with Gasteiger partial charge in [0.1, 0.15) is 0 Å². The van der Waals surface area contributed by atoms with E-state index in [1.807, 2.05) is 37.3 Å². The molecule has 0 bridgehead atoms. The van der Waals surface area contributed by atoms with Crippen LogP contribution >= 0.6 is 0 Å². The number of amides is 1. The zero-order chi connectivity index (χ0) is 12.3. The van der Waals surface area contributed by atoms with Gasteiger partial charge in [0.2, 0.25) is 5.76 Å². The quantitative estimate of drug-likeness (QED) is 0.814. The molecule has 0 fully saturated rings. The smallest absolute Gasteiger partial charge is 0.296 e. The highest BCUT2D eigenvalue weighted by Gasteiger charge is 2.19. The minimum Gasteiger partial charge on any atom is -0.351 e. The Morgan fingerprint density at radius 2 is 2.06 bits per heavy atom. The van der Waals surface area contributed by atoms with Crippen molar-refractivity contribution in [2.75, 3.05) is 11.4 Å². The molecular weight excluding hydrogens is 216 g/mol. The molecule has 0 atom stereocenters. The van der Waals surface area contributed by atoms with Gasteiger partial charge < -0.3 is 9.42 Å². The van der Waals surface area contributed by atoms with E-state index in [9.17, 15) is 4.79 Å². The molecule has 0 radical (unpaired) electrons. The molecule has 1 amide bonds. The maximum absolute atomic E-state index is 12.2. The number of carbonyl (C=O) groups excluding carboxylic acids is 1. The van der Waals surface area contributed by atoms with Gasteiger partial charge in [0, 0.05) is 18.3 Å². The number of benzene rings is 1. The molecule has 0 aliphatic carbocycles. The van der Waals surface area contributed by atoms with E-state index in [-0.39, 0.29) is 11.7 Å². The summed E-state index contributed by atoms with van der Waals surface area (Å²) in [5.41, 5.74) is 1.56. The molecule has 0 N–H and O–H groups in total. The second kappa shape index (κ2) is 4.82. The molecule has 4 heteroatoms. The Kier molecular flexibility index (Phi) is 3.23. The molecule has 0 aliphatic heterocycles. The molecule has 2 rings (SSSR count). The van der Waals surface area contributed by atoms with Gasteiger partial charge in [-0.05, 0) is 26.0 Å². The number of hydrogen-bond acceptors (Lipinski definition) is 3. The number of para-hydroxylation sites is 1. The number of rotatable bonds is 3. The Bertz CT molecular complexity index is 505. The van der Waals surface area contributed by atoms with Crippen LogP contribution in [0.1, 0.15) is 23.2 Å². The van der Waals surface area contributed by atoms with Crippen molar-refractivity contribution in [2.24, 2.45) is 0 Å². The number of anilines is 1. The van der Waals surface area contributed by atoms with Crippen molar-refractivity contribution >= 4 is 11.6 Å². The highest BCUT2D eigenvalue weighted by molar-refractivity contribution is 6.04. The lowest BCUT2D eigenvalue weighted by Gasteiger charge is -2.19. The summed E-state index contributed by atoms with van der Waals surface area (Å²) < 4.78 is 4.99. The number of nitrogens with zero attached hydrogens (tertiary/aromatic N) is 2. The number of hydrogen-bond donors (Lipinski definition) is 0. The predicted molar refractivity (Wildman–Crippen MR) is 65.0 cm³/mol. The summed E-state index contributed by atoms with van der Waals surface area (Å²) in [6, 6.07) is 11.2. The van der Waals surface area contributed by atoms with Crippen LogP contribution in [0.3, 0.4) is 0 Å². The van der Waals surface area contributed by atoms with Crippen LogP contribution in [0.25, 0.3) is 0 Å². The highest BCUT2D eigenvalue weighted by atomic mass is 16.5. The Labute approximate surface area is 99.8 Å². The van der Waals surface area contributed by atoms with E-state index in [1.54, 1.807) is 17.9 Å². The molecule has 2 aromatic rings. The van der Waals surface area contributed by atoms with Gasteiger partial charge >= 0.3 is 0 Å². The van der Waals surface area contributed by atoms with E-state index < -0.39 is 0 Å². The monoisotopic (exact) mass is 230 g/mol. The van der Waals surface area contributed by atoms with E-state index in [2.05, 4.69) is 5.16 Å². The molecule has 0 aliphatic rings. The normalized spacial score (nSPS) is 10.2. The van der Waals surface area contributed by atoms with Crippen LogP contribution < -0.4 is 4.90 Å². The van der Waals surface area contributed by atoms with Crippen molar-refractivity contribution in [1.29, 1.82) is 0 Å². The molecule has 1 aromatic heterocycles. The van der Waals surface area contributed by atoms with Gasteiger partial charge in [-0.3, -0.25) is 4.79 Å². The summed E-state index contributed by atoms with van der Waals surface area (Å²) in [5.74, 6) is 0.104. The first-order chi connectivity index (χ1) is 8.22. The molecule has 88 valence electrons. The summed E-state index contributed by atoms with van der Waals surface area (Å²) in [6.45, 7) is 4.30. The van der Waals surface area contributed by atoms with E-state index in [0.29, 0.717) is 12.2 Å². The van der Waals surface area contributed by atoms with Crippen molar-refractivity contribution in [1.82, 2.24) is 5.16 Å². The van der Waals surface area contributed by atoms with Gasteiger partial charge in [-0.2, -0.15) is 0 Å². The zero-order valence-electron chi connectivity index (χ0n) is 9.88. The topological polar surface area (TPSA) is 46.3 Å². The van der Waals surface area contributed by atoms with Crippen molar-refractivity contribution in [3.63, 3.8) is 0 Å². The molecule has 4 nitrogen and oxygen atoms in total. The Morgan fingerprint density at radius 3 is 2.59 bits per heavy atom. The Morgan fingerprint density at radius 1 is 1.35 bits per heavy atom. The molecular formula is C13H14N2O2. The minimum atomic E-state index is -0.167. The van der Waals surface area contributed by atoms with Crippen LogP contribution in [0, 0.1) is 6.92 Å². The maximum Gasteiger partial charge on any atom is 0.296 e. The summed E-state index contributed by atoms with van der Waals surface area (Å²) in [7, 11) is 0. The fourth-order valence-corrected chi connectivity index (χ4v) is 1.65. The van der Waals surface area contributed by atoms with Crippen molar-refractivity contribution in [3.8, 4) is 0 Å². The molecule has 1 heterocycles. The van der Waals surface area contributed by atoms with Crippen molar-refractivity contribution < 1.29 is 9.32 Å². The fourth-order valence-electron chi connectivity index (χ4n) is 1.65. The molecule has 1 aromatic carbocycles. The average molecular weight is 230 g/mol. The summed E-state index contributed by atoms with van der Waals surface area (Å²) >= 11 is 0. The van der Waals surface area contributed by atoms with Gasteiger partial charge in [-0.15, -0.1) is 0 Å². The predicted octanol–water partition coefficient (Wildman–Crippen LogP) is 2.65. The standard InChI is InChI=1S/C13H14N2O2/c1-3-15(11-7-5-4-6-8-11)13(16)12-9-10(2)14-17-12/h4-9H,3H2,1-2H3. The lowest BCUT2D eigenvalue weighted by molar-refractivity contribution is 0.0952. The van der Waals surface area contributed by atoms with E-state index in [1.165, 1.54) is 0 Å². The lowest BCUT2D eigenvalue weighted by Crippen LogP contribution is -2.30. The lowest BCUT2D eigenvalue weighted by atomic mass is 10.2. The largest absolute Gasteiger partial charge is 0.351 e. The number of carbonyl (C=O) groups is 1. The van der Waals surface area contributed by atoms with Crippen LogP contribution in [-0.4, -0.2) is 17.6 Å². The first-order valence-corrected chi connectivity index (χ1v) is 5.52. The van der Waals surface area contributed by atoms with Gasteiger partial charge in [0.05, 0.1) is 5.69 Å². The van der Waals surface area contributed by atoms with Crippen LogP contribution in [0.15, 0.2) is 40.9 Å². The molecule has 0 saturated heterocycles. The third kappa shape index (κ3) is 2.36. The fraction of sp³-hybridized carbons (Fsp3) is 0.231. The van der Waals surface area contributed by atoms with Crippen LogP contribution in [0.2, 0.25) is 0 Å². The van der Waals surface area contributed by atoms with Crippen molar-refractivity contribution in [2.45, 2.75) is 13.8 Å². The van der Waals surface area contributed by atoms with Crippen LogP contribution in [-0.2, 0) is 0 Å². The molecule has 0 unspecified atom stereocenters. The average Bonchev–Trinajstić information content (AvgIpc) is 2.78. The third-order valence-corrected chi connectivity index (χ3v) is 2.47. The van der Waals surface area contributed by atoms with Crippen LogP contribution in [0.5, 0.6) is 0 Å². The van der Waals surface area contributed by atoms with E-state index in [4.69, 9.17) is 4.52 Å². The minimum absolute atomic E-state index is 0.167. The molecule has 0 saturated carbocycles. The summed E-state index contributed by atoms with van der Waals surface area (Å²) in [5, 5.41) is 3.73. The molecule has 17 heavy (non-hydrogen) atoms. The highest BCUT2D eigenvalue weighted by Crippen LogP contribution is 2.16. The van der Waals surface area contributed by atoms with Gasteiger partial charge in [0.25, 0.3) is 5.91 Å². The number of aryl methyl sites for hydroxylation is 1. The summed E-state index contributed by atoms with van der Waals surface area (Å²) in [4.78, 5) is 13.8. The first-order valence-electron chi connectivity index (χ1n) is 5.52. The second-order valence-electron chi connectivity index (χ2n) is 3.72. The Balaban J connectivity index is 2.28. The zero-order valence-corrected chi connectivity index (χ0v) is 9.88. The van der Waals surface area contributed by atoms with Crippen LogP contribution in [0.4, 0.5) is 5.69 Å². The SMILES string of the molecule is CCN(C(=O)c1cc(C)no1)c1ccccc1. The number of aromatic nitrogens is 1. The summed E-state index contributed by atoms with van der Waals surface area (Å²) in [6.07, 6.45) is 0.